The van der Waals surface area contributed by atoms with Crippen molar-refractivity contribution in [3.05, 3.63) is 30.3 Å². The molecule has 0 saturated heterocycles. The molecule has 1 rings (SSSR count). The SMILES string of the molecule is C.CCCOC(=O)C(C)N(C)C.O=S(=O)(O)c1ccccc1. The summed E-state index contributed by atoms with van der Waals surface area (Å²) in [5.41, 5.74) is 0. The first-order valence-electron chi connectivity index (χ1n) is 6.55. The van der Waals surface area contributed by atoms with Crippen LogP contribution in [0.25, 0.3) is 0 Å². The van der Waals surface area contributed by atoms with Crippen molar-refractivity contribution in [2.75, 3.05) is 20.7 Å². The standard InChI is InChI=1S/C8H17NO2.C6H6O3S.CH4/c1-5-6-11-8(10)7(2)9(3)4;7-10(8,9)6-4-2-1-3-5-6;/h7H,5-6H2,1-4H3;1-5H,(H,7,8,9);1H4. The van der Waals surface area contributed by atoms with Gasteiger partial charge in [0.05, 0.1) is 11.5 Å². The number of benzene rings is 1. The predicted octanol–water partition coefficient (Wildman–Crippen LogP) is 2.46. The predicted molar refractivity (Wildman–Crippen MR) is 87.4 cm³/mol. The van der Waals surface area contributed by atoms with Gasteiger partial charge in [0, 0.05) is 0 Å². The second kappa shape index (κ2) is 11.2. The smallest absolute Gasteiger partial charge is 0.323 e. The van der Waals surface area contributed by atoms with Crippen molar-refractivity contribution in [2.24, 2.45) is 0 Å². The topological polar surface area (TPSA) is 83.9 Å². The fourth-order valence-corrected chi connectivity index (χ4v) is 1.63. The summed E-state index contributed by atoms with van der Waals surface area (Å²) in [6.45, 7) is 4.34. The van der Waals surface area contributed by atoms with Gasteiger partial charge in [0.15, 0.2) is 0 Å². The molecule has 0 aliphatic carbocycles. The van der Waals surface area contributed by atoms with Crippen LogP contribution in [-0.4, -0.2) is 50.6 Å². The van der Waals surface area contributed by atoms with E-state index in [-0.39, 0.29) is 24.3 Å². The molecule has 128 valence electrons. The molecule has 7 heteroatoms. The van der Waals surface area contributed by atoms with Gasteiger partial charge in [0.25, 0.3) is 10.1 Å². The second-order valence-corrected chi connectivity index (χ2v) is 6.02. The van der Waals surface area contributed by atoms with Crippen LogP contribution < -0.4 is 0 Å². The van der Waals surface area contributed by atoms with Crippen molar-refractivity contribution in [2.45, 2.75) is 38.6 Å². The highest BCUT2D eigenvalue weighted by Gasteiger charge is 2.15. The molecule has 0 radical (unpaired) electrons. The first-order chi connectivity index (χ1) is 9.70. The molecule has 0 spiro atoms. The van der Waals surface area contributed by atoms with E-state index < -0.39 is 10.1 Å². The Morgan fingerprint density at radius 1 is 1.27 bits per heavy atom. The fraction of sp³-hybridized carbons (Fsp3) is 0.533. The Hall–Kier alpha value is -1.44. The quantitative estimate of drug-likeness (QED) is 0.658. The summed E-state index contributed by atoms with van der Waals surface area (Å²) in [6, 6.07) is 7.28. The summed E-state index contributed by atoms with van der Waals surface area (Å²) in [6.07, 6.45) is 0.881. The number of carbonyl (C=O) groups is 1. The summed E-state index contributed by atoms with van der Waals surface area (Å²) in [4.78, 5) is 12.8. The van der Waals surface area contributed by atoms with Crippen LogP contribution in [0.2, 0.25) is 0 Å². The lowest BCUT2D eigenvalue weighted by Gasteiger charge is -2.17. The van der Waals surface area contributed by atoms with Crippen LogP contribution >= 0.6 is 0 Å². The van der Waals surface area contributed by atoms with Crippen molar-refractivity contribution in [3.63, 3.8) is 0 Å². The summed E-state index contributed by atoms with van der Waals surface area (Å²) < 4.78 is 34.2. The van der Waals surface area contributed by atoms with Gasteiger partial charge in [-0.3, -0.25) is 14.2 Å². The summed E-state index contributed by atoms with van der Waals surface area (Å²) >= 11 is 0. The maximum Gasteiger partial charge on any atom is 0.323 e. The Kier molecular flexibility index (Phi) is 11.6. The third kappa shape index (κ3) is 9.49. The largest absolute Gasteiger partial charge is 0.465 e. The average Bonchev–Trinajstić information content (AvgIpc) is 2.44. The van der Waals surface area contributed by atoms with Crippen LogP contribution in [0.5, 0.6) is 0 Å². The molecule has 0 aliphatic heterocycles. The fourth-order valence-electron chi connectivity index (χ4n) is 1.13. The zero-order chi connectivity index (χ0) is 16.5. The van der Waals surface area contributed by atoms with E-state index >= 15 is 0 Å². The van der Waals surface area contributed by atoms with Crippen molar-refractivity contribution in [3.8, 4) is 0 Å². The van der Waals surface area contributed by atoms with Gasteiger partial charge in [-0.15, -0.1) is 0 Å². The highest BCUT2D eigenvalue weighted by molar-refractivity contribution is 7.85. The van der Waals surface area contributed by atoms with Gasteiger partial charge in [0.2, 0.25) is 0 Å². The number of esters is 1. The van der Waals surface area contributed by atoms with Gasteiger partial charge in [0.1, 0.15) is 6.04 Å². The summed E-state index contributed by atoms with van der Waals surface area (Å²) in [5, 5.41) is 0. The highest BCUT2D eigenvalue weighted by atomic mass is 32.2. The molecular weight excluding hydrogens is 306 g/mol. The van der Waals surface area contributed by atoms with Gasteiger partial charge >= 0.3 is 5.97 Å². The Bertz CT molecular complexity index is 514. The molecule has 1 aromatic carbocycles. The lowest BCUT2D eigenvalue weighted by atomic mass is 10.3. The number of rotatable bonds is 5. The molecule has 1 aromatic rings. The average molecular weight is 333 g/mol. The molecular formula is C15H27NO5S. The maximum absolute atomic E-state index is 11.1. The van der Waals surface area contributed by atoms with Crippen LogP contribution in [0.15, 0.2) is 35.2 Å². The molecule has 0 fully saturated rings. The van der Waals surface area contributed by atoms with Gasteiger partial charge < -0.3 is 4.74 Å². The van der Waals surface area contributed by atoms with Crippen molar-refractivity contribution in [1.29, 1.82) is 0 Å². The van der Waals surface area contributed by atoms with Gasteiger partial charge in [-0.05, 0) is 39.6 Å². The van der Waals surface area contributed by atoms with Crippen LogP contribution in [0.3, 0.4) is 0 Å². The number of hydrogen-bond donors (Lipinski definition) is 1. The first kappa shape index (κ1) is 22.8. The first-order valence-corrected chi connectivity index (χ1v) is 7.99. The van der Waals surface area contributed by atoms with E-state index in [0.29, 0.717) is 6.61 Å². The van der Waals surface area contributed by atoms with Crippen LogP contribution in [0.1, 0.15) is 27.7 Å². The van der Waals surface area contributed by atoms with Crippen molar-refractivity contribution < 1.29 is 22.5 Å². The molecule has 1 atom stereocenters. The van der Waals surface area contributed by atoms with Crippen LogP contribution in [0, 0.1) is 0 Å². The Labute approximate surface area is 133 Å². The lowest BCUT2D eigenvalue weighted by molar-refractivity contribution is -0.148. The summed E-state index contributed by atoms with van der Waals surface area (Å²) in [7, 11) is -0.285. The molecule has 6 nitrogen and oxygen atoms in total. The van der Waals surface area contributed by atoms with Crippen molar-refractivity contribution >= 4 is 16.1 Å². The third-order valence-corrected chi connectivity index (χ3v) is 3.47. The minimum atomic E-state index is -4.00. The monoisotopic (exact) mass is 333 g/mol. The zero-order valence-corrected chi connectivity index (χ0v) is 13.6. The Balaban J connectivity index is 0. The Morgan fingerprint density at radius 2 is 1.77 bits per heavy atom. The highest BCUT2D eigenvalue weighted by Crippen LogP contribution is 2.05. The molecule has 0 aliphatic rings. The van der Waals surface area contributed by atoms with E-state index in [0.717, 1.165) is 6.42 Å². The van der Waals surface area contributed by atoms with Gasteiger partial charge in [-0.1, -0.05) is 32.5 Å². The molecule has 0 saturated carbocycles. The Morgan fingerprint density at radius 3 is 2.09 bits per heavy atom. The molecule has 0 amide bonds. The number of carbonyl (C=O) groups excluding carboxylic acids is 1. The molecule has 0 bridgehead atoms. The third-order valence-electron chi connectivity index (χ3n) is 2.61. The zero-order valence-electron chi connectivity index (χ0n) is 12.8. The molecule has 0 heterocycles. The molecule has 1 N–H and O–H groups in total. The number of nitrogens with zero attached hydrogens (tertiary/aromatic N) is 1. The molecule has 0 aromatic heterocycles. The molecule has 1 unspecified atom stereocenters. The van der Waals surface area contributed by atoms with E-state index in [1.165, 1.54) is 12.1 Å². The van der Waals surface area contributed by atoms with Crippen LogP contribution in [-0.2, 0) is 19.6 Å². The summed E-state index contributed by atoms with van der Waals surface area (Å²) in [5.74, 6) is -0.142. The van der Waals surface area contributed by atoms with E-state index in [1.54, 1.807) is 18.2 Å². The van der Waals surface area contributed by atoms with E-state index in [2.05, 4.69) is 0 Å². The second-order valence-electron chi connectivity index (χ2n) is 4.60. The normalized spacial score (nSPS) is 11.7. The maximum atomic E-state index is 11.1. The minimum absolute atomic E-state index is 0. The van der Waals surface area contributed by atoms with E-state index in [4.69, 9.17) is 9.29 Å². The van der Waals surface area contributed by atoms with E-state index in [1.807, 2.05) is 32.8 Å². The minimum Gasteiger partial charge on any atom is -0.465 e. The van der Waals surface area contributed by atoms with Gasteiger partial charge in [-0.2, -0.15) is 8.42 Å². The van der Waals surface area contributed by atoms with E-state index in [9.17, 15) is 13.2 Å². The number of ether oxygens (including phenoxy) is 1. The van der Waals surface area contributed by atoms with Gasteiger partial charge in [-0.25, -0.2) is 0 Å². The lowest BCUT2D eigenvalue weighted by Crippen LogP contribution is -2.34. The van der Waals surface area contributed by atoms with Crippen LogP contribution in [0.4, 0.5) is 0 Å². The molecule has 22 heavy (non-hydrogen) atoms. The number of hydrogen-bond acceptors (Lipinski definition) is 5. The van der Waals surface area contributed by atoms with Crippen molar-refractivity contribution in [1.82, 2.24) is 4.90 Å². The number of likely N-dealkylation sites (N-methyl/N-ethyl adjacent to an activating group) is 1.